The van der Waals surface area contributed by atoms with Gasteiger partial charge in [0.05, 0.1) is 6.54 Å². The Hall–Kier alpha value is -1.69. The molecule has 0 fully saturated rings. The predicted octanol–water partition coefficient (Wildman–Crippen LogP) is 1.92. The van der Waals surface area contributed by atoms with E-state index < -0.39 is 11.6 Å². The van der Waals surface area contributed by atoms with Gasteiger partial charge in [0.15, 0.2) is 5.84 Å². The summed E-state index contributed by atoms with van der Waals surface area (Å²) in [5.41, 5.74) is 5.94. The Morgan fingerprint density at radius 1 is 1.33 bits per heavy atom. The largest absolute Gasteiger partial charge is 0.409 e. The van der Waals surface area contributed by atoms with Gasteiger partial charge in [-0.2, -0.15) is 0 Å². The molecule has 0 saturated carbocycles. The highest BCUT2D eigenvalue weighted by Gasteiger charge is 2.13. The molecule has 1 rings (SSSR count). The Balaban J connectivity index is 2.83. The summed E-state index contributed by atoms with van der Waals surface area (Å²) in [5, 5.41) is 11.4. The molecule has 0 amide bonds. The number of oxime groups is 1. The minimum absolute atomic E-state index is 0.0561. The van der Waals surface area contributed by atoms with Gasteiger partial charge in [-0.25, -0.2) is 8.78 Å². The van der Waals surface area contributed by atoms with E-state index in [1.807, 2.05) is 18.7 Å². The molecule has 0 aliphatic carbocycles. The van der Waals surface area contributed by atoms with E-state index in [0.717, 1.165) is 6.07 Å². The molecule has 0 unspecified atom stereocenters. The zero-order valence-corrected chi connectivity index (χ0v) is 10.4. The zero-order valence-electron chi connectivity index (χ0n) is 10.4. The van der Waals surface area contributed by atoms with Crippen LogP contribution in [0.5, 0.6) is 0 Å². The summed E-state index contributed by atoms with van der Waals surface area (Å²) in [4.78, 5) is 1.84. The number of rotatable bonds is 5. The van der Waals surface area contributed by atoms with Crippen molar-refractivity contribution in [3.05, 3.63) is 35.4 Å². The second-order valence-corrected chi connectivity index (χ2v) is 4.37. The van der Waals surface area contributed by atoms with E-state index >= 15 is 0 Å². The smallest absolute Gasteiger partial charge is 0.153 e. The molecular formula is C12H17F2N3O. The molecular weight excluding hydrogens is 240 g/mol. The van der Waals surface area contributed by atoms with E-state index in [9.17, 15) is 8.78 Å². The van der Waals surface area contributed by atoms with Crippen molar-refractivity contribution >= 4 is 5.84 Å². The molecule has 0 spiro atoms. The van der Waals surface area contributed by atoms with Gasteiger partial charge in [-0.3, -0.25) is 4.90 Å². The highest BCUT2D eigenvalue weighted by atomic mass is 19.1. The van der Waals surface area contributed by atoms with Crippen LogP contribution in [0.3, 0.4) is 0 Å². The van der Waals surface area contributed by atoms with E-state index in [4.69, 9.17) is 10.9 Å². The summed E-state index contributed by atoms with van der Waals surface area (Å²) in [5.74, 6) is -1.17. The van der Waals surface area contributed by atoms with Gasteiger partial charge in [0.25, 0.3) is 0 Å². The van der Waals surface area contributed by atoms with E-state index in [0.29, 0.717) is 12.1 Å². The number of benzene rings is 1. The first-order valence-corrected chi connectivity index (χ1v) is 5.57. The van der Waals surface area contributed by atoms with Crippen molar-refractivity contribution in [3.8, 4) is 0 Å². The van der Waals surface area contributed by atoms with E-state index in [1.165, 1.54) is 12.1 Å². The molecule has 100 valence electrons. The normalized spacial score (nSPS) is 12.4. The average Bonchev–Trinajstić information content (AvgIpc) is 2.26. The fourth-order valence-corrected chi connectivity index (χ4v) is 1.60. The zero-order chi connectivity index (χ0) is 13.7. The molecule has 0 aliphatic rings. The minimum atomic E-state index is -0.613. The lowest BCUT2D eigenvalue weighted by atomic mass is 10.1. The second kappa shape index (κ2) is 6.30. The minimum Gasteiger partial charge on any atom is -0.409 e. The maximum atomic E-state index is 13.1. The fourth-order valence-electron chi connectivity index (χ4n) is 1.60. The fraction of sp³-hybridized carbons (Fsp3) is 0.417. The second-order valence-electron chi connectivity index (χ2n) is 4.37. The molecule has 0 heterocycles. The first-order chi connectivity index (χ1) is 8.42. The molecule has 0 atom stereocenters. The highest BCUT2D eigenvalue weighted by Crippen LogP contribution is 2.12. The van der Waals surface area contributed by atoms with Gasteiger partial charge >= 0.3 is 0 Å². The van der Waals surface area contributed by atoms with Crippen LogP contribution < -0.4 is 5.73 Å². The molecule has 0 radical (unpaired) electrons. The van der Waals surface area contributed by atoms with Crippen LogP contribution in [0.1, 0.15) is 19.4 Å². The molecule has 0 saturated heterocycles. The highest BCUT2D eigenvalue weighted by molar-refractivity contribution is 5.81. The summed E-state index contributed by atoms with van der Waals surface area (Å²) in [6, 6.07) is 3.46. The van der Waals surface area contributed by atoms with Crippen LogP contribution >= 0.6 is 0 Å². The van der Waals surface area contributed by atoms with Gasteiger partial charge in [0.2, 0.25) is 0 Å². The standard InChI is InChI=1S/C12H17F2N3O/c1-8(2)17(7-12(15)16-18)6-9-3-10(13)5-11(14)4-9/h3-5,8,18H,6-7H2,1-2H3,(H2,15,16). The van der Waals surface area contributed by atoms with Crippen LogP contribution in [0.15, 0.2) is 23.4 Å². The summed E-state index contributed by atoms with van der Waals surface area (Å²) >= 11 is 0. The van der Waals surface area contributed by atoms with Gasteiger partial charge in [-0.15, -0.1) is 0 Å². The lowest BCUT2D eigenvalue weighted by Gasteiger charge is -2.25. The van der Waals surface area contributed by atoms with Gasteiger partial charge in [0, 0.05) is 18.7 Å². The van der Waals surface area contributed by atoms with Crippen molar-refractivity contribution in [2.24, 2.45) is 10.9 Å². The molecule has 0 aromatic heterocycles. The SMILES string of the molecule is CC(C)N(C/C(N)=N/O)Cc1cc(F)cc(F)c1. The Morgan fingerprint density at radius 2 is 1.89 bits per heavy atom. The Bertz CT molecular complexity index is 415. The first kappa shape index (κ1) is 14.4. The Kier molecular flexibility index (Phi) is 5.03. The summed E-state index contributed by atoms with van der Waals surface area (Å²) in [6.45, 7) is 4.38. The monoisotopic (exact) mass is 257 g/mol. The lowest BCUT2D eigenvalue weighted by Crippen LogP contribution is -2.38. The third-order valence-corrected chi connectivity index (χ3v) is 2.53. The molecule has 18 heavy (non-hydrogen) atoms. The topological polar surface area (TPSA) is 61.8 Å². The van der Waals surface area contributed by atoms with E-state index in [1.54, 1.807) is 0 Å². The number of halogens is 2. The number of hydrogen-bond donors (Lipinski definition) is 2. The summed E-state index contributed by atoms with van der Waals surface area (Å²) in [7, 11) is 0. The Labute approximate surface area is 105 Å². The molecule has 3 N–H and O–H groups in total. The van der Waals surface area contributed by atoms with Crippen LogP contribution in [0.2, 0.25) is 0 Å². The van der Waals surface area contributed by atoms with Crippen molar-refractivity contribution in [1.82, 2.24) is 4.90 Å². The van der Waals surface area contributed by atoms with Crippen molar-refractivity contribution in [1.29, 1.82) is 0 Å². The lowest BCUT2D eigenvalue weighted by molar-refractivity contribution is 0.238. The number of hydrogen-bond acceptors (Lipinski definition) is 3. The number of nitrogens with zero attached hydrogens (tertiary/aromatic N) is 2. The van der Waals surface area contributed by atoms with Crippen molar-refractivity contribution in [3.63, 3.8) is 0 Å². The molecule has 0 bridgehead atoms. The number of amidine groups is 1. The number of nitrogens with two attached hydrogens (primary N) is 1. The van der Waals surface area contributed by atoms with Crippen LogP contribution in [0, 0.1) is 11.6 Å². The first-order valence-electron chi connectivity index (χ1n) is 5.57. The van der Waals surface area contributed by atoms with Crippen molar-refractivity contribution < 1.29 is 14.0 Å². The van der Waals surface area contributed by atoms with Crippen molar-refractivity contribution in [2.75, 3.05) is 6.54 Å². The van der Waals surface area contributed by atoms with Crippen LogP contribution in [-0.4, -0.2) is 28.5 Å². The molecule has 1 aromatic rings. The van der Waals surface area contributed by atoms with Gasteiger partial charge < -0.3 is 10.9 Å². The van der Waals surface area contributed by atoms with Crippen molar-refractivity contribution in [2.45, 2.75) is 26.4 Å². The molecule has 4 nitrogen and oxygen atoms in total. The Morgan fingerprint density at radius 3 is 2.33 bits per heavy atom. The van der Waals surface area contributed by atoms with Gasteiger partial charge in [-0.05, 0) is 31.5 Å². The maximum Gasteiger partial charge on any atom is 0.153 e. The maximum absolute atomic E-state index is 13.1. The van der Waals surface area contributed by atoms with E-state index in [-0.39, 0.29) is 18.4 Å². The van der Waals surface area contributed by atoms with Crippen LogP contribution in [0.4, 0.5) is 8.78 Å². The molecule has 1 aromatic carbocycles. The quantitative estimate of drug-likeness (QED) is 0.366. The molecule has 6 heteroatoms. The van der Waals surface area contributed by atoms with Gasteiger partial charge in [-0.1, -0.05) is 5.16 Å². The van der Waals surface area contributed by atoms with E-state index in [2.05, 4.69) is 5.16 Å². The van der Waals surface area contributed by atoms with Crippen LogP contribution in [-0.2, 0) is 6.54 Å². The third-order valence-electron chi connectivity index (χ3n) is 2.53. The summed E-state index contributed by atoms with van der Waals surface area (Å²) < 4.78 is 26.1. The van der Waals surface area contributed by atoms with Gasteiger partial charge in [0.1, 0.15) is 11.6 Å². The van der Waals surface area contributed by atoms with Crippen LogP contribution in [0.25, 0.3) is 0 Å². The predicted molar refractivity (Wildman–Crippen MR) is 65.3 cm³/mol. The average molecular weight is 257 g/mol. The third kappa shape index (κ3) is 4.29. The summed E-state index contributed by atoms with van der Waals surface area (Å²) in [6.07, 6.45) is 0. The molecule has 0 aliphatic heterocycles.